The maximum absolute atomic E-state index is 11.6. The van der Waals surface area contributed by atoms with E-state index in [2.05, 4.69) is 19.7 Å². The van der Waals surface area contributed by atoms with Crippen LogP contribution in [0.5, 0.6) is 0 Å². The van der Waals surface area contributed by atoms with Gasteiger partial charge >= 0.3 is 17.6 Å². The van der Waals surface area contributed by atoms with Crippen molar-refractivity contribution in [2.45, 2.75) is 0 Å². The van der Waals surface area contributed by atoms with E-state index in [1.54, 1.807) is 21.1 Å². The van der Waals surface area contributed by atoms with Crippen molar-refractivity contribution in [2.24, 2.45) is 0 Å². The van der Waals surface area contributed by atoms with Crippen LogP contribution < -0.4 is 20.4 Å². The zero-order chi connectivity index (χ0) is 34.0. The van der Waals surface area contributed by atoms with Crippen LogP contribution in [0, 0.1) is 0 Å². The lowest BCUT2D eigenvalue weighted by molar-refractivity contribution is -0.887. The largest absolute Gasteiger partial charge is 0.756 e. The van der Waals surface area contributed by atoms with Crippen LogP contribution >= 0.6 is 15.6 Å². The molecule has 43 heavy (non-hydrogen) atoms. The van der Waals surface area contributed by atoms with Crippen molar-refractivity contribution in [3.63, 3.8) is 0 Å². The van der Waals surface area contributed by atoms with Gasteiger partial charge < -0.3 is 65.0 Å². The van der Waals surface area contributed by atoms with Gasteiger partial charge in [0.1, 0.15) is 6.61 Å². The Morgan fingerprint density at radius 1 is 0.651 bits per heavy atom. The van der Waals surface area contributed by atoms with Crippen LogP contribution in [0.25, 0.3) is 0 Å². The van der Waals surface area contributed by atoms with Gasteiger partial charge in [0.25, 0.3) is 15.6 Å². The summed E-state index contributed by atoms with van der Waals surface area (Å²) in [6, 6.07) is 0. The Labute approximate surface area is 257 Å². The highest BCUT2D eigenvalue weighted by atomic mass is 31.2. The average Bonchev–Trinajstić information content (AvgIpc) is 2.93. The van der Waals surface area contributed by atoms with Crippen molar-refractivity contribution in [3.8, 4) is 0 Å². The van der Waals surface area contributed by atoms with Gasteiger partial charge in [0.15, 0.2) is 13.5 Å². The third-order valence-corrected chi connectivity index (χ3v) is 11.6. The van der Waals surface area contributed by atoms with Crippen molar-refractivity contribution in [1.82, 2.24) is 10.6 Å². The monoisotopic (exact) mass is 706 g/mol. The van der Waals surface area contributed by atoms with E-state index < -0.39 is 45.8 Å². The van der Waals surface area contributed by atoms with Crippen LogP contribution in [0.1, 0.15) is 0 Å². The number of carbonyl (C=O) groups excluding carboxylic acids is 1. The van der Waals surface area contributed by atoms with E-state index in [-0.39, 0.29) is 30.7 Å². The molecule has 0 aliphatic rings. The molecule has 0 saturated heterocycles. The van der Waals surface area contributed by atoms with Crippen LogP contribution in [0.15, 0.2) is 0 Å². The number of phosphoric acid groups is 2. The van der Waals surface area contributed by atoms with Crippen LogP contribution in [0.3, 0.4) is 0 Å². The number of nitrogens with zero attached hydrogens (tertiary/aromatic N) is 2. The molecule has 1 amide bonds. The molecule has 0 spiro atoms. The predicted molar refractivity (Wildman–Crippen MR) is 155 cm³/mol. The molecule has 0 heterocycles. The molecule has 0 saturated carbocycles. The van der Waals surface area contributed by atoms with Gasteiger partial charge in [-0.3, -0.25) is 23.0 Å². The van der Waals surface area contributed by atoms with Crippen molar-refractivity contribution >= 4 is 39.2 Å². The third-order valence-electron chi connectivity index (χ3n) is 4.80. The van der Waals surface area contributed by atoms with Crippen LogP contribution in [-0.4, -0.2) is 163 Å². The molecule has 2 atom stereocenters. The first-order chi connectivity index (χ1) is 19.6. The van der Waals surface area contributed by atoms with Crippen LogP contribution in [0.4, 0.5) is 0 Å². The number of nitrogens with one attached hydrogen (secondary N) is 2. The minimum Gasteiger partial charge on any atom is -0.756 e. The summed E-state index contributed by atoms with van der Waals surface area (Å²) in [6.07, 6.45) is 0.338. The Bertz CT molecular complexity index is 856. The second kappa shape index (κ2) is 20.8. The first-order valence-electron chi connectivity index (χ1n) is 12.7. The van der Waals surface area contributed by atoms with Gasteiger partial charge in [0.05, 0.1) is 61.2 Å². The molecule has 0 aliphatic heterocycles. The summed E-state index contributed by atoms with van der Waals surface area (Å²) in [5, 5.41) is 5.39. The smallest absolute Gasteiger partial charge is 0.520 e. The molecule has 23 heteroatoms. The fraction of sp³-hybridized carbons (Fsp3) is 0.950. The summed E-state index contributed by atoms with van der Waals surface area (Å²) in [7, 11) is 4.89. The molecule has 2 unspecified atom stereocenters. The van der Waals surface area contributed by atoms with Gasteiger partial charge in [-0.25, -0.2) is 0 Å². The minimum absolute atomic E-state index is 0.0123. The molecule has 0 bridgehead atoms. The fourth-order valence-corrected chi connectivity index (χ4v) is 6.84. The maximum atomic E-state index is 11.6. The fourth-order valence-electron chi connectivity index (χ4n) is 2.36. The summed E-state index contributed by atoms with van der Waals surface area (Å²) < 4.78 is 73.2. The SMILES string of the molecule is CO[Si](CNC(=O)COP(=O)([O-])OC[N+](C)(C)C)(OC)OC.CO[Si](CNCCOP(=O)([O-])OC[N+](C)(C)C)(OC)OC. The Morgan fingerprint density at radius 3 is 1.40 bits per heavy atom. The Morgan fingerprint density at radius 2 is 1.02 bits per heavy atom. The van der Waals surface area contributed by atoms with Gasteiger partial charge in [-0.15, -0.1) is 0 Å². The Kier molecular flexibility index (Phi) is 21.7. The number of rotatable bonds is 23. The van der Waals surface area contributed by atoms with E-state index in [1.807, 2.05) is 21.1 Å². The van der Waals surface area contributed by atoms with Crippen molar-refractivity contribution in [1.29, 1.82) is 0 Å². The molecule has 0 aliphatic carbocycles. The molecule has 0 rings (SSSR count). The maximum Gasteiger partial charge on any atom is 0.520 e. The third kappa shape index (κ3) is 22.8. The van der Waals surface area contributed by atoms with E-state index in [4.69, 9.17) is 35.6 Å². The molecule has 0 aromatic heterocycles. The van der Waals surface area contributed by atoms with E-state index in [0.717, 1.165) is 0 Å². The highest BCUT2D eigenvalue weighted by Crippen LogP contribution is 2.38. The van der Waals surface area contributed by atoms with Gasteiger partial charge in [-0.1, -0.05) is 0 Å². The van der Waals surface area contributed by atoms with E-state index in [0.29, 0.717) is 17.2 Å². The standard InChI is InChI=1S/C10H25N2O8PSi.C10H27N2O7PSi/c1-12(2,3)9-20-21(14,15)19-7-10(13)11-8-22(16-4,17-5)18-6;1-12(2,3)10-19-20(13,14)18-8-7-11-9-21(15-4,16-5)17-6/h7-9H2,1-6H3,(H-,11,13,14,15);11H,7-10H2,1-6H3. The molecule has 0 fully saturated rings. The second-order valence-corrected chi connectivity index (χ2v) is 19.4. The first-order valence-corrected chi connectivity index (χ1v) is 19.5. The topological polar surface area (TPSA) is 214 Å². The number of amides is 1. The molecule has 0 radical (unpaired) electrons. The lowest BCUT2D eigenvalue weighted by atomic mass is 10.7. The average molecular weight is 707 g/mol. The summed E-state index contributed by atoms with van der Waals surface area (Å²) in [5.41, 5.74) is 0. The molecule has 0 aromatic rings. The number of hydrogen-bond acceptors (Lipinski definition) is 16. The highest BCUT2D eigenvalue weighted by molar-refractivity contribution is 7.46. The predicted octanol–water partition coefficient (Wildman–Crippen LogP) is -2.16. The Balaban J connectivity index is 0. The molecular weight excluding hydrogens is 654 g/mol. The highest BCUT2D eigenvalue weighted by Gasteiger charge is 2.38. The van der Waals surface area contributed by atoms with Crippen LogP contribution in [-0.2, 0) is 58.6 Å². The van der Waals surface area contributed by atoms with Crippen molar-refractivity contribution in [2.75, 3.05) is 131 Å². The lowest BCUT2D eigenvalue weighted by Crippen LogP contribution is -2.53. The molecule has 19 nitrogen and oxygen atoms in total. The number of phosphoric ester groups is 2. The summed E-state index contributed by atoms with van der Waals surface area (Å²) in [4.78, 5) is 34.6. The van der Waals surface area contributed by atoms with Gasteiger partial charge in [0.2, 0.25) is 5.91 Å². The summed E-state index contributed by atoms with van der Waals surface area (Å²) >= 11 is 0. The summed E-state index contributed by atoms with van der Waals surface area (Å²) in [6.45, 7) is -0.527. The summed E-state index contributed by atoms with van der Waals surface area (Å²) in [5.74, 6) is -0.659. The number of quaternary nitrogens is 2. The quantitative estimate of drug-likeness (QED) is 0.0381. The number of hydrogen-bond donors (Lipinski definition) is 2. The number of carbonyl (C=O) groups is 1. The zero-order valence-corrected chi connectivity index (χ0v) is 31.2. The van der Waals surface area contributed by atoms with Crippen molar-refractivity contribution in [3.05, 3.63) is 0 Å². The lowest BCUT2D eigenvalue weighted by Gasteiger charge is -2.29. The van der Waals surface area contributed by atoms with Gasteiger partial charge in [-0.05, 0) is 0 Å². The van der Waals surface area contributed by atoms with Crippen LogP contribution in [0.2, 0.25) is 0 Å². The van der Waals surface area contributed by atoms with E-state index in [1.165, 1.54) is 42.7 Å². The van der Waals surface area contributed by atoms with E-state index >= 15 is 0 Å². The molecule has 0 aromatic carbocycles. The molecule has 260 valence electrons. The van der Waals surface area contributed by atoms with E-state index in [9.17, 15) is 23.7 Å². The van der Waals surface area contributed by atoms with Crippen molar-refractivity contribution < 1.29 is 77.3 Å². The minimum atomic E-state index is -4.54. The molecule has 2 N–H and O–H groups in total. The van der Waals surface area contributed by atoms with Gasteiger partial charge in [0, 0.05) is 49.2 Å². The Hall–Kier alpha value is -0.236. The van der Waals surface area contributed by atoms with Gasteiger partial charge in [-0.2, -0.15) is 0 Å². The first kappa shape index (κ1) is 44.9. The molecular formula is C20H52N4O15P2Si2. The zero-order valence-electron chi connectivity index (χ0n) is 27.4. The normalized spacial score (nSPS) is 15.7. The second-order valence-electron chi connectivity index (χ2n) is 10.6.